The Morgan fingerprint density at radius 3 is 2.78 bits per heavy atom. The van der Waals surface area contributed by atoms with E-state index in [-0.39, 0.29) is 11.9 Å². The number of anilines is 1. The Labute approximate surface area is 106 Å². The van der Waals surface area contributed by atoms with Crippen molar-refractivity contribution in [3.05, 3.63) is 48.3 Å². The molecule has 1 aromatic heterocycles. The Balaban J connectivity index is 1.92. The first-order valence-electron chi connectivity index (χ1n) is 5.79. The van der Waals surface area contributed by atoms with Crippen LogP contribution < -0.4 is 11.1 Å². The number of nitrogen functional groups attached to an aromatic ring is 1. The molecular formula is C13H16N4O. The van der Waals surface area contributed by atoms with Crippen molar-refractivity contribution in [2.45, 2.75) is 19.5 Å². The van der Waals surface area contributed by atoms with Crippen LogP contribution in [0.5, 0.6) is 0 Å². The summed E-state index contributed by atoms with van der Waals surface area (Å²) in [7, 11) is 0. The fourth-order valence-corrected chi connectivity index (χ4v) is 1.68. The normalized spacial score (nSPS) is 12.1. The minimum atomic E-state index is -0.102. The summed E-state index contributed by atoms with van der Waals surface area (Å²) in [5, 5.41) is 7.01. The summed E-state index contributed by atoms with van der Waals surface area (Å²) in [4.78, 5) is 11.9. The van der Waals surface area contributed by atoms with E-state index in [0.29, 0.717) is 17.8 Å². The third kappa shape index (κ3) is 3.10. The molecule has 0 aliphatic rings. The number of benzene rings is 1. The van der Waals surface area contributed by atoms with Crippen molar-refractivity contribution < 1.29 is 4.79 Å². The highest BCUT2D eigenvalue weighted by Gasteiger charge is 2.09. The molecule has 5 heteroatoms. The predicted octanol–water partition coefficient (Wildman–Crippen LogP) is 1.28. The molecule has 0 spiro atoms. The largest absolute Gasteiger partial charge is 0.399 e. The number of nitrogens with one attached hydrogen (secondary N) is 1. The van der Waals surface area contributed by atoms with Crippen LogP contribution in [0.4, 0.5) is 5.69 Å². The van der Waals surface area contributed by atoms with Gasteiger partial charge in [-0.2, -0.15) is 5.10 Å². The van der Waals surface area contributed by atoms with Gasteiger partial charge in [-0.3, -0.25) is 9.48 Å². The summed E-state index contributed by atoms with van der Waals surface area (Å²) in [6.07, 6.45) is 3.58. The van der Waals surface area contributed by atoms with Crippen LogP contribution in [-0.2, 0) is 6.54 Å². The number of hydrogen-bond donors (Lipinski definition) is 2. The average molecular weight is 244 g/mol. The van der Waals surface area contributed by atoms with Crippen LogP contribution >= 0.6 is 0 Å². The van der Waals surface area contributed by atoms with Crippen molar-refractivity contribution in [2.24, 2.45) is 0 Å². The predicted molar refractivity (Wildman–Crippen MR) is 70.0 cm³/mol. The van der Waals surface area contributed by atoms with Gasteiger partial charge in [0.25, 0.3) is 5.91 Å². The Morgan fingerprint density at radius 1 is 1.44 bits per heavy atom. The molecule has 1 amide bonds. The first-order valence-corrected chi connectivity index (χ1v) is 5.79. The minimum absolute atomic E-state index is 0.00922. The summed E-state index contributed by atoms with van der Waals surface area (Å²) in [6, 6.07) is 8.72. The van der Waals surface area contributed by atoms with Gasteiger partial charge < -0.3 is 11.1 Å². The topological polar surface area (TPSA) is 72.9 Å². The Hall–Kier alpha value is -2.30. The van der Waals surface area contributed by atoms with Crippen molar-refractivity contribution in [2.75, 3.05) is 5.73 Å². The maximum absolute atomic E-state index is 11.9. The molecule has 1 atom stereocenters. The van der Waals surface area contributed by atoms with Gasteiger partial charge in [0.15, 0.2) is 0 Å². The van der Waals surface area contributed by atoms with E-state index in [1.54, 1.807) is 35.1 Å². The van der Waals surface area contributed by atoms with E-state index in [2.05, 4.69) is 10.4 Å². The molecule has 2 aromatic rings. The van der Waals surface area contributed by atoms with Crippen LogP contribution in [0.1, 0.15) is 17.3 Å². The lowest BCUT2D eigenvalue weighted by molar-refractivity contribution is 0.0936. The maximum atomic E-state index is 11.9. The second-order valence-electron chi connectivity index (χ2n) is 4.22. The van der Waals surface area contributed by atoms with Crippen molar-refractivity contribution >= 4 is 11.6 Å². The van der Waals surface area contributed by atoms with E-state index in [9.17, 15) is 4.79 Å². The number of rotatable bonds is 4. The van der Waals surface area contributed by atoms with Gasteiger partial charge in [-0.15, -0.1) is 0 Å². The van der Waals surface area contributed by atoms with Crippen molar-refractivity contribution in [3.63, 3.8) is 0 Å². The molecule has 0 saturated heterocycles. The van der Waals surface area contributed by atoms with E-state index < -0.39 is 0 Å². The van der Waals surface area contributed by atoms with Crippen LogP contribution in [-0.4, -0.2) is 21.7 Å². The minimum Gasteiger partial charge on any atom is -0.399 e. The number of amides is 1. The first-order chi connectivity index (χ1) is 8.65. The molecule has 1 unspecified atom stereocenters. The van der Waals surface area contributed by atoms with E-state index in [1.807, 2.05) is 19.2 Å². The number of nitrogens with two attached hydrogens (primary N) is 1. The summed E-state index contributed by atoms with van der Waals surface area (Å²) >= 11 is 0. The van der Waals surface area contributed by atoms with Gasteiger partial charge in [0.2, 0.25) is 0 Å². The van der Waals surface area contributed by atoms with E-state index >= 15 is 0 Å². The van der Waals surface area contributed by atoms with Crippen molar-refractivity contribution in [1.29, 1.82) is 0 Å². The van der Waals surface area contributed by atoms with Gasteiger partial charge >= 0.3 is 0 Å². The van der Waals surface area contributed by atoms with Crippen molar-refractivity contribution in [1.82, 2.24) is 15.1 Å². The van der Waals surface area contributed by atoms with Crippen LogP contribution in [0.2, 0.25) is 0 Å². The Morgan fingerprint density at radius 2 is 2.17 bits per heavy atom. The first kappa shape index (κ1) is 12.2. The monoisotopic (exact) mass is 244 g/mol. The summed E-state index contributed by atoms with van der Waals surface area (Å²) in [6.45, 7) is 2.59. The standard InChI is InChI=1S/C13H16N4O/c1-10(9-17-8-2-7-15-17)16-13(18)11-3-5-12(14)6-4-11/h2-8,10H,9,14H2,1H3,(H,16,18). The van der Waals surface area contributed by atoms with E-state index in [0.717, 1.165) is 0 Å². The maximum Gasteiger partial charge on any atom is 0.251 e. The van der Waals surface area contributed by atoms with Gasteiger partial charge in [-0.05, 0) is 37.3 Å². The van der Waals surface area contributed by atoms with Gasteiger partial charge in [-0.1, -0.05) is 0 Å². The van der Waals surface area contributed by atoms with Gasteiger partial charge in [0, 0.05) is 29.7 Å². The number of aromatic nitrogens is 2. The highest BCUT2D eigenvalue weighted by atomic mass is 16.1. The molecule has 0 aliphatic carbocycles. The second kappa shape index (κ2) is 5.35. The molecule has 0 fully saturated rings. The fraction of sp³-hybridized carbons (Fsp3) is 0.231. The van der Waals surface area contributed by atoms with E-state index in [1.165, 1.54) is 0 Å². The zero-order chi connectivity index (χ0) is 13.0. The lowest BCUT2D eigenvalue weighted by Gasteiger charge is -2.14. The summed E-state index contributed by atoms with van der Waals surface area (Å²) < 4.78 is 1.79. The molecule has 18 heavy (non-hydrogen) atoms. The molecule has 94 valence electrons. The molecule has 3 N–H and O–H groups in total. The van der Waals surface area contributed by atoms with Gasteiger partial charge in [-0.25, -0.2) is 0 Å². The molecule has 0 saturated carbocycles. The Bertz CT molecular complexity index is 504. The number of carbonyl (C=O) groups excluding carboxylic acids is 1. The quantitative estimate of drug-likeness (QED) is 0.796. The van der Waals surface area contributed by atoms with Crippen LogP contribution in [0.25, 0.3) is 0 Å². The molecule has 0 bridgehead atoms. The highest BCUT2D eigenvalue weighted by Crippen LogP contribution is 2.05. The number of carbonyl (C=O) groups is 1. The van der Waals surface area contributed by atoms with Crippen LogP contribution in [0, 0.1) is 0 Å². The smallest absolute Gasteiger partial charge is 0.251 e. The zero-order valence-electron chi connectivity index (χ0n) is 10.2. The second-order valence-corrected chi connectivity index (χ2v) is 4.22. The Kier molecular flexibility index (Phi) is 3.62. The molecule has 0 radical (unpaired) electrons. The van der Waals surface area contributed by atoms with Crippen LogP contribution in [0.3, 0.4) is 0 Å². The molecular weight excluding hydrogens is 228 g/mol. The molecule has 2 rings (SSSR count). The molecule has 0 aliphatic heterocycles. The average Bonchev–Trinajstić information content (AvgIpc) is 2.82. The van der Waals surface area contributed by atoms with Gasteiger partial charge in [0.1, 0.15) is 0 Å². The summed E-state index contributed by atoms with van der Waals surface area (Å²) in [5.41, 5.74) is 6.83. The zero-order valence-corrected chi connectivity index (χ0v) is 10.2. The molecule has 1 heterocycles. The van der Waals surface area contributed by atoms with Gasteiger partial charge in [0.05, 0.1) is 6.54 Å². The molecule has 5 nitrogen and oxygen atoms in total. The van der Waals surface area contributed by atoms with Crippen LogP contribution in [0.15, 0.2) is 42.7 Å². The number of hydrogen-bond acceptors (Lipinski definition) is 3. The summed E-state index contributed by atoms with van der Waals surface area (Å²) in [5.74, 6) is -0.102. The van der Waals surface area contributed by atoms with Crippen molar-refractivity contribution in [3.8, 4) is 0 Å². The lowest BCUT2D eigenvalue weighted by Crippen LogP contribution is -2.35. The third-order valence-electron chi connectivity index (χ3n) is 2.57. The third-order valence-corrected chi connectivity index (χ3v) is 2.57. The number of nitrogens with zero attached hydrogens (tertiary/aromatic N) is 2. The fourth-order valence-electron chi connectivity index (χ4n) is 1.68. The molecule has 1 aromatic carbocycles. The SMILES string of the molecule is CC(Cn1cccn1)NC(=O)c1ccc(N)cc1. The highest BCUT2D eigenvalue weighted by molar-refractivity contribution is 5.94. The lowest BCUT2D eigenvalue weighted by atomic mass is 10.2. The van der Waals surface area contributed by atoms with E-state index in [4.69, 9.17) is 5.73 Å².